The van der Waals surface area contributed by atoms with Gasteiger partial charge in [-0.1, -0.05) is 29.8 Å². The molecule has 2 aromatic carbocycles. The van der Waals surface area contributed by atoms with Crippen LogP contribution in [0.4, 0.5) is 8.78 Å². The number of benzene rings is 2. The second-order valence-corrected chi connectivity index (χ2v) is 4.27. The number of Topliss-reactive ketones (excluding diaryl/α,β-unsaturated/α-hetero) is 1. The quantitative estimate of drug-likeness (QED) is 0.766. The number of carbonyl (C=O) groups excluding carboxylic acids is 1. The van der Waals surface area contributed by atoms with Gasteiger partial charge in [0.2, 0.25) is 0 Å². The first kappa shape index (κ1) is 12.7. The van der Waals surface area contributed by atoms with Crippen LogP contribution in [0, 0.1) is 11.6 Å². The third-order valence-corrected chi connectivity index (χ3v) is 2.74. The average molecular weight is 267 g/mol. The maximum absolute atomic E-state index is 13.4. The summed E-state index contributed by atoms with van der Waals surface area (Å²) in [6.07, 6.45) is -0.0130. The number of hydrogen-bond donors (Lipinski definition) is 0. The van der Waals surface area contributed by atoms with Crippen LogP contribution in [0.5, 0.6) is 0 Å². The van der Waals surface area contributed by atoms with E-state index in [0.29, 0.717) is 10.6 Å². The van der Waals surface area contributed by atoms with Crippen LogP contribution in [0.2, 0.25) is 5.02 Å². The lowest BCUT2D eigenvalue weighted by atomic mass is 10.0. The van der Waals surface area contributed by atoms with Gasteiger partial charge in [-0.05, 0) is 29.8 Å². The Morgan fingerprint density at radius 3 is 2.56 bits per heavy atom. The highest BCUT2D eigenvalue weighted by Gasteiger charge is 2.15. The molecule has 0 aliphatic heterocycles. The monoisotopic (exact) mass is 266 g/mol. The Hall–Kier alpha value is -1.74. The van der Waals surface area contributed by atoms with Crippen molar-refractivity contribution in [2.45, 2.75) is 6.42 Å². The first-order chi connectivity index (χ1) is 8.58. The highest BCUT2D eigenvalue weighted by atomic mass is 35.5. The third kappa shape index (κ3) is 2.74. The Labute approximate surface area is 108 Å². The fraction of sp³-hybridized carbons (Fsp3) is 0.0714. The lowest BCUT2D eigenvalue weighted by molar-refractivity contribution is 0.0988. The van der Waals surface area contributed by atoms with E-state index in [4.69, 9.17) is 11.6 Å². The number of carbonyl (C=O) groups is 1. The van der Waals surface area contributed by atoms with Crippen molar-refractivity contribution < 1.29 is 13.6 Å². The van der Waals surface area contributed by atoms with Gasteiger partial charge in [0.05, 0.1) is 5.56 Å². The van der Waals surface area contributed by atoms with Crippen LogP contribution >= 0.6 is 11.6 Å². The van der Waals surface area contributed by atoms with Crippen LogP contribution < -0.4 is 0 Å². The van der Waals surface area contributed by atoms with E-state index in [1.165, 1.54) is 12.1 Å². The topological polar surface area (TPSA) is 17.1 Å². The molecular weight excluding hydrogens is 258 g/mol. The van der Waals surface area contributed by atoms with Gasteiger partial charge in [-0.2, -0.15) is 0 Å². The van der Waals surface area contributed by atoms with Gasteiger partial charge in [-0.3, -0.25) is 4.79 Å². The molecule has 0 radical (unpaired) electrons. The van der Waals surface area contributed by atoms with Crippen molar-refractivity contribution in [3.63, 3.8) is 0 Å². The summed E-state index contributed by atoms with van der Waals surface area (Å²) in [5.74, 6) is -2.61. The van der Waals surface area contributed by atoms with Crippen LogP contribution in [-0.2, 0) is 6.42 Å². The number of halogens is 3. The van der Waals surface area contributed by atoms with Crippen molar-refractivity contribution in [3.8, 4) is 0 Å². The summed E-state index contributed by atoms with van der Waals surface area (Å²) in [6.45, 7) is 0. The van der Waals surface area contributed by atoms with Crippen molar-refractivity contribution in [2.75, 3.05) is 0 Å². The molecule has 0 atom stereocenters. The third-order valence-electron chi connectivity index (χ3n) is 2.51. The van der Waals surface area contributed by atoms with Crippen molar-refractivity contribution in [1.29, 1.82) is 0 Å². The van der Waals surface area contributed by atoms with E-state index in [-0.39, 0.29) is 12.0 Å². The molecule has 0 saturated carbocycles. The molecule has 0 spiro atoms. The van der Waals surface area contributed by atoms with Gasteiger partial charge in [0.25, 0.3) is 0 Å². The lowest BCUT2D eigenvalue weighted by Crippen LogP contribution is -2.07. The molecule has 0 saturated heterocycles. The van der Waals surface area contributed by atoms with Gasteiger partial charge in [-0.25, -0.2) is 8.78 Å². The van der Waals surface area contributed by atoms with E-state index in [0.717, 1.165) is 6.07 Å². The largest absolute Gasteiger partial charge is 0.294 e. The molecule has 2 aromatic rings. The van der Waals surface area contributed by atoms with Crippen LogP contribution in [0.1, 0.15) is 15.9 Å². The minimum absolute atomic E-state index is 0.0130. The molecule has 18 heavy (non-hydrogen) atoms. The van der Waals surface area contributed by atoms with Crippen LogP contribution in [0.3, 0.4) is 0 Å². The summed E-state index contributed by atoms with van der Waals surface area (Å²) in [7, 11) is 0. The molecule has 0 unspecified atom stereocenters. The van der Waals surface area contributed by atoms with E-state index in [9.17, 15) is 13.6 Å². The molecule has 2 rings (SSSR count). The number of ketones is 1. The van der Waals surface area contributed by atoms with Crippen molar-refractivity contribution in [2.24, 2.45) is 0 Å². The molecule has 0 N–H and O–H groups in total. The van der Waals surface area contributed by atoms with Crippen LogP contribution in [0.15, 0.2) is 42.5 Å². The summed E-state index contributed by atoms with van der Waals surface area (Å²) in [4.78, 5) is 11.8. The fourth-order valence-corrected chi connectivity index (χ4v) is 1.86. The standard InChI is InChI=1S/C14H9ClF2O/c15-10-4-1-3-9(7-10)8-13(18)11-5-2-6-12(16)14(11)17/h1-7H,8H2. The van der Waals surface area contributed by atoms with Gasteiger partial charge in [0.15, 0.2) is 17.4 Å². The Kier molecular flexibility index (Phi) is 3.72. The van der Waals surface area contributed by atoms with Gasteiger partial charge < -0.3 is 0 Å². The molecule has 0 aliphatic carbocycles. The van der Waals surface area contributed by atoms with Gasteiger partial charge in [-0.15, -0.1) is 0 Å². The zero-order chi connectivity index (χ0) is 13.1. The Morgan fingerprint density at radius 2 is 1.83 bits per heavy atom. The zero-order valence-corrected chi connectivity index (χ0v) is 10.0. The highest BCUT2D eigenvalue weighted by Crippen LogP contribution is 2.16. The van der Waals surface area contributed by atoms with E-state index in [1.807, 2.05) is 0 Å². The maximum Gasteiger partial charge on any atom is 0.170 e. The highest BCUT2D eigenvalue weighted by molar-refractivity contribution is 6.30. The van der Waals surface area contributed by atoms with Crippen LogP contribution in [-0.4, -0.2) is 5.78 Å². The summed E-state index contributed by atoms with van der Waals surface area (Å²) < 4.78 is 26.4. The van der Waals surface area contributed by atoms with Crippen LogP contribution in [0.25, 0.3) is 0 Å². The molecule has 0 fully saturated rings. The smallest absolute Gasteiger partial charge is 0.170 e. The summed E-state index contributed by atoms with van der Waals surface area (Å²) in [5, 5.41) is 0.500. The first-order valence-electron chi connectivity index (χ1n) is 5.29. The predicted octanol–water partition coefficient (Wildman–Crippen LogP) is 4.04. The summed E-state index contributed by atoms with van der Waals surface area (Å²) in [6, 6.07) is 10.3. The Balaban J connectivity index is 2.25. The second kappa shape index (κ2) is 5.27. The number of rotatable bonds is 3. The van der Waals surface area contributed by atoms with Crippen molar-refractivity contribution >= 4 is 17.4 Å². The average Bonchev–Trinajstić information content (AvgIpc) is 2.32. The molecule has 0 heterocycles. The minimum Gasteiger partial charge on any atom is -0.294 e. The SMILES string of the molecule is O=C(Cc1cccc(Cl)c1)c1cccc(F)c1F. The Bertz CT molecular complexity index is 596. The van der Waals surface area contributed by atoms with E-state index in [1.54, 1.807) is 24.3 Å². The predicted molar refractivity (Wildman–Crippen MR) is 65.8 cm³/mol. The van der Waals surface area contributed by atoms with Crippen molar-refractivity contribution in [3.05, 3.63) is 70.2 Å². The Morgan fingerprint density at radius 1 is 1.11 bits per heavy atom. The van der Waals surface area contributed by atoms with Gasteiger partial charge in [0.1, 0.15) is 0 Å². The first-order valence-corrected chi connectivity index (χ1v) is 5.67. The van der Waals surface area contributed by atoms with E-state index < -0.39 is 17.4 Å². The lowest BCUT2D eigenvalue weighted by Gasteiger charge is -2.04. The zero-order valence-electron chi connectivity index (χ0n) is 9.29. The van der Waals surface area contributed by atoms with E-state index >= 15 is 0 Å². The summed E-state index contributed by atoms with van der Waals surface area (Å²) in [5.41, 5.74) is 0.422. The summed E-state index contributed by atoms with van der Waals surface area (Å²) >= 11 is 5.79. The van der Waals surface area contributed by atoms with Crippen molar-refractivity contribution in [1.82, 2.24) is 0 Å². The fourth-order valence-electron chi connectivity index (χ4n) is 1.65. The molecular formula is C14H9ClF2O. The molecule has 92 valence electrons. The molecule has 0 bridgehead atoms. The minimum atomic E-state index is -1.11. The normalized spacial score (nSPS) is 10.4. The molecule has 0 amide bonds. The molecule has 1 nitrogen and oxygen atoms in total. The van der Waals surface area contributed by atoms with E-state index in [2.05, 4.69) is 0 Å². The number of hydrogen-bond acceptors (Lipinski definition) is 1. The molecule has 0 aliphatic rings. The van der Waals surface area contributed by atoms with Gasteiger partial charge in [0, 0.05) is 11.4 Å². The second-order valence-electron chi connectivity index (χ2n) is 3.83. The molecule has 4 heteroatoms. The van der Waals surface area contributed by atoms with Gasteiger partial charge >= 0.3 is 0 Å². The maximum atomic E-state index is 13.4. The molecule has 0 aromatic heterocycles.